The Morgan fingerprint density at radius 1 is 1.15 bits per heavy atom. The number of H-pyrrole nitrogens is 1. The molecular formula is C14H15N5O. The van der Waals surface area contributed by atoms with Gasteiger partial charge in [-0.25, -0.2) is 15.0 Å². The third kappa shape index (κ3) is 2.27. The maximum atomic E-state index is 5.78. The van der Waals surface area contributed by atoms with Gasteiger partial charge in [0.1, 0.15) is 23.4 Å². The first-order valence-corrected chi connectivity index (χ1v) is 6.37. The summed E-state index contributed by atoms with van der Waals surface area (Å²) in [5.74, 6) is 1.94. The average molecular weight is 269 g/mol. The topological polar surface area (TPSA) is 89.7 Å². The third-order valence-corrected chi connectivity index (χ3v) is 2.82. The average Bonchev–Trinajstić information content (AvgIpc) is 2.84. The molecule has 0 aliphatic heterocycles. The number of nitrogens with one attached hydrogen (secondary N) is 1. The van der Waals surface area contributed by atoms with Crippen LogP contribution >= 0.6 is 0 Å². The third-order valence-electron chi connectivity index (χ3n) is 2.82. The van der Waals surface area contributed by atoms with Crippen LogP contribution in [0, 0.1) is 0 Å². The van der Waals surface area contributed by atoms with Gasteiger partial charge in [-0.3, -0.25) is 0 Å². The van der Waals surface area contributed by atoms with Crippen LogP contribution in [0.3, 0.4) is 0 Å². The Kier molecular flexibility index (Phi) is 2.98. The van der Waals surface area contributed by atoms with Crippen LogP contribution in [-0.2, 0) is 0 Å². The molecule has 6 heteroatoms. The van der Waals surface area contributed by atoms with Crippen molar-refractivity contribution in [1.82, 2.24) is 19.9 Å². The summed E-state index contributed by atoms with van der Waals surface area (Å²) in [5, 5.41) is 0. The molecule has 0 saturated carbocycles. The minimum Gasteiger partial charge on any atom is -0.491 e. The SMILES string of the molecule is CC(C)Oc1ccc(-c2nc3ncnc(N)c3[nH]2)cc1. The zero-order valence-electron chi connectivity index (χ0n) is 11.3. The van der Waals surface area contributed by atoms with Gasteiger partial charge in [-0.2, -0.15) is 0 Å². The first-order valence-electron chi connectivity index (χ1n) is 6.37. The van der Waals surface area contributed by atoms with E-state index in [1.54, 1.807) is 0 Å². The number of nitrogens with two attached hydrogens (primary N) is 1. The van der Waals surface area contributed by atoms with E-state index in [-0.39, 0.29) is 6.10 Å². The van der Waals surface area contributed by atoms with Crippen molar-refractivity contribution in [2.75, 3.05) is 5.73 Å². The molecule has 6 nitrogen and oxygen atoms in total. The molecule has 0 radical (unpaired) electrons. The predicted octanol–water partition coefficient (Wildman–Crippen LogP) is 2.39. The smallest absolute Gasteiger partial charge is 0.183 e. The van der Waals surface area contributed by atoms with Crippen molar-refractivity contribution >= 4 is 17.0 Å². The largest absolute Gasteiger partial charge is 0.491 e. The summed E-state index contributed by atoms with van der Waals surface area (Å²) in [5.41, 5.74) is 7.95. The minimum absolute atomic E-state index is 0.155. The van der Waals surface area contributed by atoms with Gasteiger partial charge in [0.25, 0.3) is 0 Å². The van der Waals surface area contributed by atoms with Gasteiger partial charge in [0, 0.05) is 5.56 Å². The summed E-state index contributed by atoms with van der Waals surface area (Å²) in [4.78, 5) is 15.6. The first-order chi connectivity index (χ1) is 9.63. The lowest BCUT2D eigenvalue weighted by atomic mass is 10.2. The van der Waals surface area contributed by atoms with Crippen LogP contribution in [0.25, 0.3) is 22.6 Å². The molecule has 0 saturated heterocycles. The van der Waals surface area contributed by atoms with Crippen LogP contribution < -0.4 is 10.5 Å². The molecule has 1 aromatic carbocycles. The number of anilines is 1. The van der Waals surface area contributed by atoms with Gasteiger partial charge >= 0.3 is 0 Å². The van der Waals surface area contributed by atoms with Gasteiger partial charge in [0.05, 0.1) is 6.10 Å². The number of aromatic nitrogens is 4. The standard InChI is InChI=1S/C14H15N5O/c1-8(2)20-10-5-3-9(4-6-10)13-18-11-12(15)16-7-17-14(11)19-13/h3-8H,1-2H3,(H3,15,16,17,18,19). The van der Waals surface area contributed by atoms with E-state index in [1.165, 1.54) is 6.33 Å². The Bertz CT molecular complexity index is 733. The second kappa shape index (κ2) is 4.80. The van der Waals surface area contributed by atoms with Crippen LogP contribution in [0.2, 0.25) is 0 Å². The highest BCUT2D eigenvalue weighted by Gasteiger charge is 2.09. The van der Waals surface area contributed by atoms with Crippen molar-refractivity contribution in [3.8, 4) is 17.1 Å². The fraction of sp³-hybridized carbons (Fsp3) is 0.214. The normalized spacial score (nSPS) is 11.2. The van der Waals surface area contributed by atoms with Gasteiger partial charge in [-0.1, -0.05) is 0 Å². The number of nitrogen functional groups attached to an aromatic ring is 1. The minimum atomic E-state index is 0.155. The van der Waals surface area contributed by atoms with E-state index in [2.05, 4.69) is 19.9 Å². The summed E-state index contributed by atoms with van der Waals surface area (Å²) in [6.45, 7) is 3.99. The monoisotopic (exact) mass is 269 g/mol. The molecular weight excluding hydrogens is 254 g/mol. The number of nitrogens with zero attached hydrogens (tertiary/aromatic N) is 3. The highest BCUT2D eigenvalue weighted by Crippen LogP contribution is 2.23. The molecule has 0 atom stereocenters. The molecule has 2 aromatic heterocycles. The Labute approximate surface area is 116 Å². The van der Waals surface area contributed by atoms with Crippen molar-refractivity contribution in [1.29, 1.82) is 0 Å². The summed E-state index contributed by atoms with van der Waals surface area (Å²) >= 11 is 0. The first kappa shape index (κ1) is 12.4. The number of imidazole rings is 1. The van der Waals surface area contributed by atoms with E-state index in [1.807, 2.05) is 38.1 Å². The number of hydrogen-bond acceptors (Lipinski definition) is 5. The predicted molar refractivity (Wildman–Crippen MR) is 77.3 cm³/mol. The molecule has 2 heterocycles. The highest BCUT2D eigenvalue weighted by molar-refractivity contribution is 5.84. The zero-order chi connectivity index (χ0) is 14.1. The second-order valence-electron chi connectivity index (χ2n) is 4.73. The lowest BCUT2D eigenvalue weighted by Crippen LogP contribution is -2.05. The highest BCUT2D eigenvalue weighted by atomic mass is 16.5. The summed E-state index contributed by atoms with van der Waals surface area (Å²) < 4.78 is 5.61. The van der Waals surface area contributed by atoms with Crippen LogP contribution in [-0.4, -0.2) is 26.0 Å². The maximum absolute atomic E-state index is 5.78. The molecule has 20 heavy (non-hydrogen) atoms. The van der Waals surface area contributed by atoms with Crippen molar-refractivity contribution in [3.05, 3.63) is 30.6 Å². The van der Waals surface area contributed by atoms with Crippen LogP contribution in [0.1, 0.15) is 13.8 Å². The van der Waals surface area contributed by atoms with Gasteiger partial charge in [-0.15, -0.1) is 0 Å². The van der Waals surface area contributed by atoms with Crippen LogP contribution in [0.5, 0.6) is 5.75 Å². The maximum Gasteiger partial charge on any atom is 0.183 e. The van der Waals surface area contributed by atoms with Gasteiger partial charge in [-0.05, 0) is 38.1 Å². The molecule has 0 spiro atoms. The van der Waals surface area contributed by atoms with Crippen LogP contribution in [0.4, 0.5) is 5.82 Å². The quantitative estimate of drug-likeness (QED) is 0.762. The van der Waals surface area contributed by atoms with Crippen molar-refractivity contribution in [2.24, 2.45) is 0 Å². The number of ether oxygens (including phenoxy) is 1. The van der Waals surface area contributed by atoms with Crippen molar-refractivity contribution < 1.29 is 4.74 Å². The molecule has 0 bridgehead atoms. The number of hydrogen-bond donors (Lipinski definition) is 2. The Morgan fingerprint density at radius 3 is 2.55 bits per heavy atom. The van der Waals surface area contributed by atoms with Crippen LogP contribution in [0.15, 0.2) is 30.6 Å². The molecule has 0 unspecified atom stereocenters. The number of benzene rings is 1. The van der Waals surface area contributed by atoms with Gasteiger partial charge in [0.2, 0.25) is 0 Å². The molecule has 0 aliphatic rings. The van der Waals surface area contributed by atoms with E-state index in [0.717, 1.165) is 11.3 Å². The molecule has 3 aromatic rings. The van der Waals surface area contributed by atoms with Crippen molar-refractivity contribution in [3.63, 3.8) is 0 Å². The Morgan fingerprint density at radius 2 is 1.90 bits per heavy atom. The number of rotatable bonds is 3. The lowest BCUT2D eigenvalue weighted by molar-refractivity contribution is 0.242. The van der Waals surface area contributed by atoms with E-state index in [9.17, 15) is 0 Å². The second-order valence-corrected chi connectivity index (χ2v) is 4.73. The fourth-order valence-electron chi connectivity index (χ4n) is 1.95. The molecule has 0 aliphatic carbocycles. The summed E-state index contributed by atoms with van der Waals surface area (Å²) in [6.07, 6.45) is 1.56. The van der Waals surface area contributed by atoms with E-state index >= 15 is 0 Å². The Hall–Kier alpha value is -2.63. The van der Waals surface area contributed by atoms with E-state index in [0.29, 0.717) is 22.8 Å². The molecule has 0 amide bonds. The van der Waals surface area contributed by atoms with E-state index < -0.39 is 0 Å². The molecule has 3 rings (SSSR count). The van der Waals surface area contributed by atoms with Gasteiger partial charge in [0.15, 0.2) is 11.5 Å². The van der Waals surface area contributed by atoms with Gasteiger partial charge < -0.3 is 15.5 Å². The number of fused-ring (bicyclic) bond motifs is 1. The van der Waals surface area contributed by atoms with E-state index in [4.69, 9.17) is 10.5 Å². The molecule has 102 valence electrons. The van der Waals surface area contributed by atoms with Crippen molar-refractivity contribution in [2.45, 2.75) is 20.0 Å². The Balaban J connectivity index is 1.96. The zero-order valence-corrected chi connectivity index (χ0v) is 11.3. The summed E-state index contributed by atoms with van der Waals surface area (Å²) in [7, 11) is 0. The molecule has 0 fully saturated rings. The molecule has 3 N–H and O–H groups in total. The summed E-state index contributed by atoms with van der Waals surface area (Å²) in [6, 6.07) is 7.72. The lowest BCUT2D eigenvalue weighted by Gasteiger charge is -2.09. The number of aromatic amines is 1. The fourth-order valence-corrected chi connectivity index (χ4v) is 1.95.